The van der Waals surface area contributed by atoms with Crippen LogP contribution < -0.4 is 14.8 Å². The van der Waals surface area contributed by atoms with E-state index in [9.17, 15) is 4.79 Å². The molecule has 2 aliphatic heterocycles. The number of amides is 1. The van der Waals surface area contributed by atoms with Crippen molar-refractivity contribution in [2.45, 2.75) is 26.8 Å². The maximum absolute atomic E-state index is 13.0. The molecule has 180 valence electrons. The van der Waals surface area contributed by atoms with Crippen LogP contribution in [0.1, 0.15) is 25.8 Å². The first-order valence-electron chi connectivity index (χ1n) is 12.0. The van der Waals surface area contributed by atoms with E-state index in [4.69, 9.17) is 9.47 Å². The molecule has 0 bridgehead atoms. The average Bonchev–Trinajstić information content (AvgIpc) is 2.78. The Morgan fingerprint density at radius 3 is 2.44 bits per heavy atom. The molecule has 0 spiro atoms. The quantitative estimate of drug-likeness (QED) is 0.627. The van der Waals surface area contributed by atoms with E-state index in [1.54, 1.807) is 14.2 Å². The molecule has 2 atom stereocenters. The molecular formula is C25H42N4O3. The van der Waals surface area contributed by atoms with Gasteiger partial charge in [-0.2, -0.15) is 0 Å². The zero-order chi connectivity index (χ0) is 23.1. The highest BCUT2D eigenvalue weighted by Crippen LogP contribution is 2.30. The molecule has 0 aliphatic carbocycles. The largest absolute Gasteiger partial charge is 0.493 e. The number of piperazine rings is 1. The third-order valence-corrected chi connectivity index (χ3v) is 6.63. The molecule has 7 nitrogen and oxygen atoms in total. The number of carbonyl (C=O) groups is 1. The maximum Gasteiger partial charge on any atom is 0.224 e. The van der Waals surface area contributed by atoms with Crippen molar-refractivity contribution in [3.63, 3.8) is 0 Å². The van der Waals surface area contributed by atoms with Crippen LogP contribution in [0.15, 0.2) is 18.2 Å². The Kier molecular flexibility index (Phi) is 9.20. The van der Waals surface area contributed by atoms with E-state index in [2.05, 4.69) is 53.0 Å². The second-order valence-corrected chi connectivity index (χ2v) is 9.92. The Hall–Kier alpha value is -1.83. The van der Waals surface area contributed by atoms with Crippen LogP contribution in [-0.2, 0) is 11.3 Å². The molecular weight excluding hydrogens is 404 g/mol. The van der Waals surface area contributed by atoms with Crippen LogP contribution in [0.3, 0.4) is 0 Å². The predicted molar refractivity (Wildman–Crippen MR) is 128 cm³/mol. The highest BCUT2D eigenvalue weighted by molar-refractivity contribution is 5.79. The molecule has 2 saturated heterocycles. The number of ether oxygens (including phenoxy) is 2. The van der Waals surface area contributed by atoms with E-state index in [1.807, 2.05) is 6.07 Å². The van der Waals surface area contributed by atoms with Gasteiger partial charge in [-0.1, -0.05) is 19.9 Å². The minimum atomic E-state index is 0.0418. The summed E-state index contributed by atoms with van der Waals surface area (Å²) >= 11 is 0. The van der Waals surface area contributed by atoms with Crippen molar-refractivity contribution in [2.24, 2.45) is 17.8 Å². The molecule has 2 heterocycles. The highest BCUT2D eigenvalue weighted by Gasteiger charge is 2.33. The van der Waals surface area contributed by atoms with Gasteiger partial charge in [0.1, 0.15) is 0 Å². The molecule has 7 heteroatoms. The van der Waals surface area contributed by atoms with Gasteiger partial charge in [0, 0.05) is 58.9 Å². The Balaban J connectivity index is 1.68. The number of hydrogen-bond acceptors (Lipinski definition) is 6. The number of likely N-dealkylation sites (N-methyl/N-ethyl adjacent to an activating group) is 1. The van der Waals surface area contributed by atoms with E-state index in [0.717, 1.165) is 76.8 Å². The third-order valence-electron chi connectivity index (χ3n) is 6.63. The van der Waals surface area contributed by atoms with Crippen molar-refractivity contribution >= 4 is 5.91 Å². The van der Waals surface area contributed by atoms with Crippen LogP contribution in [0.5, 0.6) is 11.5 Å². The summed E-state index contributed by atoms with van der Waals surface area (Å²) in [5, 5.41) is 3.18. The lowest BCUT2D eigenvalue weighted by atomic mass is 9.87. The van der Waals surface area contributed by atoms with Gasteiger partial charge in [-0.3, -0.25) is 9.69 Å². The van der Waals surface area contributed by atoms with Crippen molar-refractivity contribution in [3.05, 3.63) is 23.8 Å². The molecule has 32 heavy (non-hydrogen) atoms. The molecule has 3 rings (SSSR count). The lowest BCUT2D eigenvalue weighted by Crippen LogP contribution is -2.51. The summed E-state index contributed by atoms with van der Waals surface area (Å²) in [7, 11) is 5.52. The topological polar surface area (TPSA) is 57.3 Å². The molecule has 0 unspecified atom stereocenters. The van der Waals surface area contributed by atoms with Gasteiger partial charge >= 0.3 is 0 Å². The summed E-state index contributed by atoms with van der Waals surface area (Å²) in [4.78, 5) is 20.4. The summed E-state index contributed by atoms with van der Waals surface area (Å²) in [6.07, 6.45) is 0.971. The van der Waals surface area contributed by atoms with E-state index >= 15 is 0 Å². The van der Waals surface area contributed by atoms with Gasteiger partial charge in [0.25, 0.3) is 0 Å². The van der Waals surface area contributed by atoms with E-state index in [0.29, 0.717) is 11.8 Å². The molecule has 1 aromatic carbocycles. The summed E-state index contributed by atoms with van der Waals surface area (Å²) in [6, 6.07) is 6.11. The molecule has 2 aliphatic rings. The SMILES string of the molecule is COc1ccc(CN2C[C@@H](CN3CCN(C)CC3)C[C@@H](C(=O)NCC(C)C)C2)cc1OC. The zero-order valence-corrected chi connectivity index (χ0v) is 20.6. The van der Waals surface area contributed by atoms with Gasteiger partial charge in [0.05, 0.1) is 20.1 Å². The van der Waals surface area contributed by atoms with Gasteiger partial charge in [0.2, 0.25) is 5.91 Å². The molecule has 0 saturated carbocycles. The Morgan fingerprint density at radius 2 is 1.78 bits per heavy atom. The fourth-order valence-corrected chi connectivity index (χ4v) is 4.84. The molecule has 1 aromatic rings. The third kappa shape index (κ3) is 7.09. The van der Waals surface area contributed by atoms with Crippen molar-refractivity contribution in [1.82, 2.24) is 20.0 Å². The molecule has 0 aromatic heterocycles. The first kappa shape index (κ1) is 24.8. The van der Waals surface area contributed by atoms with Gasteiger partial charge in [-0.15, -0.1) is 0 Å². The van der Waals surface area contributed by atoms with Crippen LogP contribution in [0, 0.1) is 17.8 Å². The normalized spacial score (nSPS) is 23.3. The first-order valence-corrected chi connectivity index (χ1v) is 12.0. The summed E-state index contributed by atoms with van der Waals surface area (Å²) in [5.41, 5.74) is 1.18. The average molecular weight is 447 g/mol. The standard InChI is InChI=1S/C25H42N4O3/c1-19(2)14-26-25(30)22-12-21(16-28-10-8-27(3)9-11-28)17-29(18-22)15-20-6-7-23(31-4)24(13-20)32-5/h6-7,13,19,21-22H,8-12,14-18H2,1-5H3,(H,26,30)/t21-,22-/m1/s1. The summed E-state index contributed by atoms with van der Waals surface area (Å²) < 4.78 is 10.9. The predicted octanol–water partition coefficient (Wildman–Crippen LogP) is 2.16. The number of rotatable bonds is 9. The fraction of sp³-hybridized carbons (Fsp3) is 0.720. The monoisotopic (exact) mass is 446 g/mol. The van der Waals surface area contributed by atoms with Crippen molar-refractivity contribution in [3.8, 4) is 11.5 Å². The number of nitrogens with one attached hydrogen (secondary N) is 1. The number of piperidine rings is 1. The van der Waals surface area contributed by atoms with Crippen LogP contribution in [0.25, 0.3) is 0 Å². The number of nitrogens with zero attached hydrogens (tertiary/aromatic N) is 3. The minimum Gasteiger partial charge on any atom is -0.493 e. The molecule has 1 amide bonds. The number of carbonyl (C=O) groups excluding carboxylic acids is 1. The number of likely N-dealkylation sites (tertiary alicyclic amines) is 1. The van der Waals surface area contributed by atoms with Crippen LogP contribution in [0.2, 0.25) is 0 Å². The van der Waals surface area contributed by atoms with E-state index in [1.165, 1.54) is 5.56 Å². The number of hydrogen-bond donors (Lipinski definition) is 1. The van der Waals surface area contributed by atoms with Crippen LogP contribution in [-0.4, -0.2) is 94.2 Å². The zero-order valence-electron chi connectivity index (χ0n) is 20.6. The minimum absolute atomic E-state index is 0.0418. The summed E-state index contributed by atoms with van der Waals surface area (Å²) in [5.74, 6) is 2.71. The van der Waals surface area contributed by atoms with Crippen LogP contribution >= 0.6 is 0 Å². The fourth-order valence-electron chi connectivity index (χ4n) is 4.84. The molecule has 2 fully saturated rings. The van der Waals surface area contributed by atoms with Gasteiger partial charge in [-0.25, -0.2) is 0 Å². The second-order valence-electron chi connectivity index (χ2n) is 9.92. The number of methoxy groups -OCH3 is 2. The van der Waals surface area contributed by atoms with Crippen molar-refractivity contribution in [2.75, 3.05) is 73.6 Å². The Labute approximate surface area is 194 Å². The van der Waals surface area contributed by atoms with Gasteiger partial charge in [-0.05, 0) is 43.0 Å². The lowest BCUT2D eigenvalue weighted by Gasteiger charge is -2.41. The van der Waals surface area contributed by atoms with Crippen molar-refractivity contribution < 1.29 is 14.3 Å². The Bertz CT molecular complexity index is 734. The first-order chi connectivity index (χ1) is 15.4. The van der Waals surface area contributed by atoms with E-state index < -0.39 is 0 Å². The van der Waals surface area contributed by atoms with Gasteiger partial charge in [0.15, 0.2) is 11.5 Å². The lowest BCUT2D eigenvalue weighted by molar-refractivity contribution is -0.128. The second kappa shape index (κ2) is 11.9. The number of benzene rings is 1. The van der Waals surface area contributed by atoms with E-state index in [-0.39, 0.29) is 11.8 Å². The van der Waals surface area contributed by atoms with Crippen LogP contribution in [0.4, 0.5) is 0 Å². The van der Waals surface area contributed by atoms with Gasteiger partial charge < -0.3 is 24.6 Å². The molecule has 1 N–H and O–H groups in total. The smallest absolute Gasteiger partial charge is 0.224 e. The summed E-state index contributed by atoms with van der Waals surface area (Å²) in [6.45, 7) is 13.2. The van der Waals surface area contributed by atoms with Crippen molar-refractivity contribution in [1.29, 1.82) is 0 Å². The Morgan fingerprint density at radius 1 is 1.06 bits per heavy atom. The maximum atomic E-state index is 13.0. The molecule has 0 radical (unpaired) electrons. The highest BCUT2D eigenvalue weighted by atomic mass is 16.5.